The van der Waals surface area contributed by atoms with Gasteiger partial charge in [0.1, 0.15) is 0 Å². The Morgan fingerprint density at radius 2 is 1.94 bits per heavy atom. The predicted octanol–water partition coefficient (Wildman–Crippen LogP) is 1.89. The van der Waals surface area contributed by atoms with Crippen molar-refractivity contribution in [3.8, 4) is 0 Å². The van der Waals surface area contributed by atoms with Crippen LogP contribution in [0.5, 0.6) is 0 Å². The number of thioether (sulfide) groups is 1. The molecule has 17 heavy (non-hydrogen) atoms. The Bertz CT molecular complexity index is 641. The highest BCUT2D eigenvalue weighted by molar-refractivity contribution is 8.08. The van der Waals surface area contributed by atoms with E-state index in [4.69, 9.17) is 0 Å². The van der Waals surface area contributed by atoms with Crippen molar-refractivity contribution in [3.63, 3.8) is 0 Å². The summed E-state index contributed by atoms with van der Waals surface area (Å²) in [5.74, 6) is 0.592. The number of ketones is 1. The molecule has 0 aliphatic carbocycles. The summed E-state index contributed by atoms with van der Waals surface area (Å²) >= 11 is 1.59. The molecular formula is C12H10O3S2. The van der Waals surface area contributed by atoms with E-state index in [2.05, 4.69) is 0 Å². The molecule has 0 amide bonds. The molecule has 2 heterocycles. The lowest BCUT2D eigenvalue weighted by Crippen LogP contribution is -2.24. The van der Waals surface area contributed by atoms with Gasteiger partial charge in [-0.2, -0.15) is 0 Å². The zero-order valence-corrected chi connectivity index (χ0v) is 10.6. The molecule has 88 valence electrons. The van der Waals surface area contributed by atoms with Gasteiger partial charge in [0.25, 0.3) is 0 Å². The van der Waals surface area contributed by atoms with E-state index in [-0.39, 0.29) is 11.5 Å². The van der Waals surface area contributed by atoms with Gasteiger partial charge in [-0.25, -0.2) is 8.42 Å². The normalized spacial score (nSPS) is 22.0. The molecular weight excluding hydrogens is 256 g/mol. The molecule has 1 aromatic rings. The number of sulfone groups is 1. The highest BCUT2D eigenvalue weighted by atomic mass is 32.2. The Balaban J connectivity index is 2.33. The van der Waals surface area contributed by atoms with Gasteiger partial charge in [-0.05, 0) is 6.07 Å². The fourth-order valence-corrected chi connectivity index (χ4v) is 5.16. The fourth-order valence-electron chi connectivity index (χ4n) is 2.19. The van der Waals surface area contributed by atoms with Crippen LogP contribution in [-0.2, 0) is 14.6 Å². The first kappa shape index (κ1) is 11.0. The van der Waals surface area contributed by atoms with Crippen LogP contribution >= 0.6 is 11.8 Å². The summed E-state index contributed by atoms with van der Waals surface area (Å²) in [6, 6.07) is 6.93. The van der Waals surface area contributed by atoms with Crippen LogP contribution in [0, 0.1) is 0 Å². The minimum atomic E-state index is -3.34. The van der Waals surface area contributed by atoms with Crippen molar-refractivity contribution >= 4 is 32.3 Å². The maximum atomic E-state index is 12.1. The minimum Gasteiger partial charge on any atom is -0.294 e. The van der Waals surface area contributed by atoms with Crippen LogP contribution in [0.2, 0.25) is 0 Å². The second-order valence-corrected chi connectivity index (χ2v) is 7.15. The molecule has 0 saturated heterocycles. The third-order valence-electron chi connectivity index (χ3n) is 2.99. The number of fused-ring (bicyclic) bond motifs is 2. The first-order chi connectivity index (χ1) is 8.09. The van der Waals surface area contributed by atoms with Crippen molar-refractivity contribution in [2.24, 2.45) is 0 Å². The first-order valence-electron chi connectivity index (χ1n) is 5.31. The lowest BCUT2D eigenvalue weighted by Gasteiger charge is -2.25. The molecule has 0 aromatic heterocycles. The van der Waals surface area contributed by atoms with E-state index < -0.39 is 9.84 Å². The summed E-state index contributed by atoms with van der Waals surface area (Å²) in [6.07, 6.45) is 0.446. The van der Waals surface area contributed by atoms with Crippen molar-refractivity contribution in [2.45, 2.75) is 11.3 Å². The van der Waals surface area contributed by atoms with E-state index in [1.165, 1.54) is 0 Å². The van der Waals surface area contributed by atoms with Crippen molar-refractivity contribution in [3.05, 3.63) is 35.4 Å². The first-order valence-corrected chi connectivity index (χ1v) is 7.95. The third-order valence-corrected chi connectivity index (χ3v) is 5.85. The Labute approximate surface area is 104 Å². The van der Waals surface area contributed by atoms with E-state index >= 15 is 0 Å². The zero-order valence-electron chi connectivity index (χ0n) is 8.97. The molecule has 1 aromatic carbocycles. The molecule has 3 nitrogen and oxygen atoms in total. The van der Waals surface area contributed by atoms with Crippen molar-refractivity contribution < 1.29 is 13.2 Å². The summed E-state index contributed by atoms with van der Waals surface area (Å²) in [5, 5.41) is 0. The molecule has 0 radical (unpaired) electrons. The number of carbonyl (C=O) groups is 1. The maximum Gasteiger partial charge on any atom is 0.183 e. The standard InChI is InChI=1S/C12H10O3S2/c13-10-5-6-16-12-8-3-1-2-4-11(8)17(14,15)7-9(10)12/h1-4H,5-7H2. The second kappa shape index (κ2) is 3.71. The second-order valence-electron chi connectivity index (χ2n) is 4.08. The Kier molecular flexibility index (Phi) is 2.41. The Hall–Kier alpha value is -1.07. The topological polar surface area (TPSA) is 51.2 Å². The van der Waals surface area contributed by atoms with Gasteiger partial charge in [0.15, 0.2) is 15.6 Å². The van der Waals surface area contributed by atoms with Gasteiger partial charge in [-0.1, -0.05) is 18.2 Å². The van der Waals surface area contributed by atoms with E-state index in [0.717, 1.165) is 10.7 Å². The van der Waals surface area contributed by atoms with Gasteiger partial charge in [0, 0.05) is 28.2 Å². The summed E-state index contributed by atoms with van der Waals surface area (Å²) in [4.78, 5) is 13.0. The quantitative estimate of drug-likeness (QED) is 0.719. The number of hydrogen-bond donors (Lipinski definition) is 0. The van der Waals surface area contributed by atoms with Crippen LogP contribution < -0.4 is 0 Å². The molecule has 0 spiro atoms. The molecule has 3 rings (SSSR count). The molecule has 0 fully saturated rings. The Morgan fingerprint density at radius 3 is 2.76 bits per heavy atom. The number of rotatable bonds is 0. The van der Waals surface area contributed by atoms with Crippen LogP contribution in [0.1, 0.15) is 12.0 Å². The van der Waals surface area contributed by atoms with Gasteiger partial charge >= 0.3 is 0 Å². The monoisotopic (exact) mass is 266 g/mol. The SMILES string of the molecule is O=C1CCSC2=C1CS(=O)(=O)c1ccccc12. The summed E-state index contributed by atoms with van der Waals surface area (Å²) in [5.41, 5.74) is 1.19. The summed E-state index contributed by atoms with van der Waals surface area (Å²) in [7, 11) is -3.34. The van der Waals surface area contributed by atoms with Crippen molar-refractivity contribution in [1.29, 1.82) is 0 Å². The van der Waals surface area contributed by atoms with Crippen LogP contribution in [-0.4, -0.2) is 25.7 Å². The maximum absolute atomic E-state index is 12.1. The largest absolute Gasteiger partial charge is 0.294 e. The van der Waals surface area contributed by atoms with Crippen LogP contribution in [0.15, 0.2) is 34.7 Å². The Morgan fingerprint density at radius 1 is 1.18 bits per heavy atom. The molecule has 2 aliphatic heterocycles. The molecule has 0 N–H and O–H groups in total. The van der Waals surface area contributed by atoms with E-state index in [9.17, 15) is 13.2 Å². The van der Waals surface area contributed by atoms with Gasteiger partial charge in [-0.15, -0.1) is 11.8 Å². The summed E-state index contributed by atoms with van der Waals surface area (Å²) in [6.45, 7) is 0. The predicted molar refractivity (Wildman–Crippen MR) is 67.5 cm³/mol. The molecule has 0 bridgehead atoms. The minimum absolute atomic E-state index is 0.0168. The van der Waals surface area contributed by atoms with Gasteiger partial charge in [0.2, 0.25) is 0 Å². The third kappa shape index (κ3) is 1.65. The van der Waals surface area contributed by atoms with Crippen LogP contribution in [0.3, 0.4) is 0 Å². The number of hydrogen-bond acceptors (Lipinski definition) is 4. The number of Topliss-reactive ketones (excluding diaryl/α,β-unsaturated/α-hetero) is 1. The number of benzene rings is 1. The van der Waals surface area contributed by atoms with Crippen LogP contribution in [0.25, 0.3) is 4.91 Å². The van der Waals surface area contributed by atoms with E-state index in [1.54, 1.807) is 30.0 Å². The van der Waals surface area contributed by atoms with E-state index in [1.807, 2.05) is 6.07 Å². The lowest BCUT2D eigenvalue weighted by atomic mass is 10.1. The lowest BCUT2D eigenvalue weighted by molar-refractivity contribution is -0.115. The van der Waals surface area contributed by atoms with Gasteiger partial charge in [0.05, 0.1) is 10.6 Å². The average molecular weight is 266 g/mol. The molecule has 0 atom stereocenters. The summed E-state index contributed by atoms with van der Waals surface area (Å²) < 4.78 is 24.2. The molecule has 5 heteroatoms. The molecule has 0 unspecified atom stereocenters. The highest BCUT2D eigenvalue weighted by Crippen LogP contribution is 2.43. The smallest absolute Gasteiger partial charge is 0.183 e. The highest BCUT2D eigenvalue weighted by Gasteiger charge is 2.34. The van der Waals surface area contributed by atoms with Crippen molar-refractivity contribution in [2.75, 3.05) is 11.5 Å². The van der Waals surface area contributed by atoms with Gasteiger partial charge in [-0.3, -0.25) is 4.79 Å². The zero-order chi connectivity index (χ0) is 12.0. The number of carbonyl (C=O) groups excluding carboxylic acids is 1. The fraction of sp³-hybridized carbons (Fsp3) is 0.250. The van der Waals surface area contributed by atoms with E-state index in [0.29, 0.717) is 22.5 Å². The molecule has 0 saturated carbocycles. The molecule has 2 aliphatic rings. The van der Waals surface area contributed by atoms with Gasteiger partial charge < -0.3 is 0 Å². The van der Waals surface area contributed by atoms with Crippen LogP contribution in [0.4, 0.5) is 0 Å². The van der Waals surface area contributed by atoms with Crippen molar-refractivity contribution in [1.82, 2.24) is 0 Å². The average Bonchev–Trinajstić information content (AvgIpc) is 2.31.